The van der Waals surface area contributed by atoms with E-state index in [1.54, 1.807) is 0 Å². The molecule has 1 aromatic rings. The Labute approximate surface area is 127 Å². The lowest BCUT2D eigenvalue weighted by Gasteiger charge is -2.07. The van der Waals surface area contributed by atoms with Crippen LogP contribution in [-0.2, 0) is 27.5 Å². The molecule has 0 radical (unpaired) electrons. The fraction of sp³-hybridized carbons (Fsp3) is 0.562. The molecule has 1 amide bonds. The summed E-state index contributed by atoms with van der Waals surface area (Å²) in [5, 5.41) is 2.63. The van der Waals surface area contributed by atoms with Crippen LogP contribution in [0.3, 0.4) is 0 Å². The lowest BCUT2D eigenvalue weighted by molar-refractivity contribution is -0.120. The first kappa shape index (κ1) is 17.7. The molecule has 0 saturated carbocycles. The first-order valence-electron chi connectivity index (χ1n) is 7.28. The minimum atomic E-state index is -3.02. The van der Waals surface area contributed by atoms with E-state index in [9.17, 15) is 13.2 Å². The van der Waals surface area contributed by atoms with Gasteiger partial charge in [0.25, 0.3) is 0 Å². The van der Waals surface area contributed by atoms with E-state index < -0.39 is 9.84 Å². The smallest absolute Gasteiger partial charge is 0.220 e. The van der Waals surface area contributed by atoms with Gasteiger partial charge in [-0.1, -0.05) is 38.1 Å². The molecule has 4 nitrogen and oxygen atoms in total. The molecule has 0 unspecified atom stereocenters. The molecule has 0 aliphatic heterocycles. The summed E-state index contributed by atoms with van der Waals surface area (Å²) in [6.45, 7) is 4.56. The predicted molar refractivity (Wildman–Crippen MR) is 86.0 cm³/mol. The number of carbonyl (C=O) groups excluding carboxylic acids is 1. The molecule has 0 aromatic heterocycles. The average Bonchev–Trinajstić information content (AvgIpc) is 2.36. The third kappa shape index (κ3) is 8.50. The van der Waals surface area contributed by atoms with Crippen LogP contribution in [0.2, 0.25) is 0 Å². The Balaban J connectivity index is 2.32. The summed E-state index contributed by atoms with van der Waals surface area (Å²) in [5.41, 5.74) is 2.44. The second-order valence-corrected chi connectivity index (χ2v) is 8.15. The van der Waals surface area contributed by atoms with Crippen LogP contribution in [0, 0.1) is 5.92 Å². The number of aryl methyl sites for hydroxylation is 1. The van der Waals surface area contributed by atoms with E-state index in [0.29, 0.717) is 18.8 Å². The van der Waals surface area contributed by atoms with Gasteiger partial charge in [-0.05, 0) is 29.9 Å². The molecule has 0 fully saturated rings. The number of benzene rings is 1. The van der Waals surface area contributed by atoms with Crippen LogP contribution in [0.15, 0.2) is 24.3 Å². The molecule has 1 N–H and O–H groups in total. The molecular formula is C16H25NO3S. The zero-order valence-electron chi connectivity index (χ0n) is 13.1. The van der Waals surface area contributed by atoms with Crippen LogP contribution in [0.1, 0.15) is 31.4 Å². The van der Waals surface area contributed by atoms with Gasteiger partial charge in [0.1, 0.15) is 9.84 Å². The van der Waals surface area contributed by atoms with Crippen molar-refractivity contribution in [1.29, 1.82) is 0 Å². The van der Waals surface area contributed by atoms with Gasteiger partial charge in [0.05, 0.1) is 5.75 Å². The maximum Gasteiger partial charge on any atom is 0.220 e. The Bertz CT molecular complexity index is 547. The summed E-state index contributed by atoms with van der Waals surface area (Å²) in [5.74, 6) is 0.518. The van der Waals surface area contributed by atoms with Crippen LogP contribution < -0.4 is 5.32 Å². The summed E-state index contributed by atoms with van der Waals surface area (Å²) in [4.78, 5) is 11.6. The zero-order valence-corrected chi connectivity index (χ0v) is 13.9. The fourth-order valence-electron chi connectivity index (χ4n) is 2.04. The van der Waals surface area contributed by atoms with Crippen molar-refractivity contribution in [2.45, 2.75) is 33.1 Å². The van der Waals surface area contributed by atoms with E-state index in [1.165, 1.54) is 5.56 Å². The standard InChI is InChI=1S/C16H25NO3S/c1-13(2)12-15-6-4-14(5-7-15)8-9-16(18)17-10-11-21(3,19)20/h4-7,13H,8-12H2,1-3H3,(H,17,18). The van der Waals surface area contributed by atoms with Crippen LogP contribution in [0.25, 0.3) is 0 Å². The number of hydrogen-bond donors (Lipinski definition) is 1. The monoisotopic (exact) mass is 311 g/mol. The van der Waals surface area contributed by atoms with Crippen molar-refractivity contribution in [1.82, 2.24) is 5.32 Å². The highest BCUT2D eigenvalue weighted by Crippen LogP contribution is 2.11. The van der Waals surface area contributed by atoms with Crippen molar-refractivity contribution in [3.8, 4) is 0 Å². The molecule has 1 aromatic carbocycles. The van der Waals surface area contributed by atoms with E-state index in [-0.39, 0.29) is 18.2 Å². The number of rotatable bonds is 8. The lowest BCUT2D eigenvalue weighted by Crippen LogP contribution is -2.28. The van der Waals surface area contributed by atoms with E-state index in [0.717, 1.165) is 18.2 Å². The highest BCUT2D eigenvalue weighted by molar-refractivity contribution is 7.90. The highest BCUT2D eigenvalue weighted by atomic mass is 32.2. The topological polar surface area (TPSA) is 63.2 Å². The molecule has 21 heavy (non-hydrogen) atoms. The third-order valence-electron chi connectivity index (χ3n) is 3.10. The SMILES string of the molecule is CC(C)Cc1ccc(CCC(=O)NCCS(C)(=O)=O)cc1. The summed E-state index contributed by atoms with van der Waals surface area (Å²) < 4.78 is 21.9. The summed E-state index contributed by atoms with van der Waals surface area (Å²) >= 11 is 0. The molecule has 0 bridgehead atoms. The second-order valence-electron chi connectivity index (χ2n) is 5.89. The van der Waals surface area contributed by atoms with Gasteiger partial charge >= 0.3 is 0 Å². The van der Waals surface area contributed by atoms with Gasteiger partial charge in [-0.15, -0.1) is 0 Å². The van der Waals surface area contributed by atoms with Crippen molar-refractivity contribution >= 4 is 15.7 Å². The summed E-state index contributed by atoms with van der Waals surface area (Å²) in [6.07, 6.45) is 3.28. The van der Waals surface area contributed by atoms with Gasteiger partial charge in [0.2, 0.25) is 5.91 Å². The van der Waals surface area contributed by atoms with Crippen LogP contribution in [0.5, 0.6) is 0 Å². The number of carbonyl (C=O) groups is 1. The van der Waals surface area contributed by atoms with Gasteiger partial charge in [-0.2, -0.15) is 0 Å². The fourth-order valence-corrected chi connectivity index (χ4v) is 2.51. The molecule has 0 atom stereocenters. The van der Waals surface area contributed by atoms with Gasteiger partial charge < -0.3 is 5.32 Å². The Morgan fingerprint density at radius 3 is 2.24 bits per heavy atom. The minimum absolute atomic E-state index is 0.0113. The zero-order chi connectivity index (χ0) is 15.9. The average molecular weight is 311 g/mol. The highest BCUT2D eigenvalue weighted by Gasteiger charge is 2.05. The van der Waals surface area contributed by atoms with Crippen molar-refractivity contribution in [2.24, 2.45) is 5.92 Å². The van der Waals surface area contributed by atoms with Crippen molar-refractivity contribution in [2.75, 3.05) is 18.6 Å². The predicted octanol–water partition coefficient (Wildman–Crippen LogP) is 1.98. The van der Waals surface area contributed by atoms with Crippen LogP contribution >= 0.6 is 0 Å². The molecule has 0 saturated heterocycles. The Kier molecular flexibility index (Phi) is 6.89. The number of sulfone groups is 1. The van der Waals surface area contributed by atoms with E-state index in [4.69, 9.17) is 0 Å². The molecule has 0 aliphatic rings. The Hall–Kier alpha value is -1.36. The first-order chi connectivity index (χ1) is 9.76. The summed E-state index contributed by atoms with van der Waals surface area (Å²) in [7, 11) is -3.02. The molecule has 0 spiro atoms. The molecule has 1 rings (SSSR count). The van der Waals surface area contributed by atoms with Crippen LogP contribution in [0.4, 0.5) is 0 Å². The molecule has 5 heteroatoms. The summed E-state index contributed by atoms with van der Waals surface area (Å²) in [6, 6.07) is 8.33. The van der Waals surface area contributed by atoms with Gasteiger partial charge in [-0.25, -0.2) is 8.42 Å². The van der Waals surface area contributed by atoms with E-state index in [1.807, 2.05) is 0 Å². The van der Waals surface area contributed by atoms with E-state index >= 15 is 0 Å². The molecule has 0 heterocycles. The second kappa shape index (κ2) is 8.17. The van der Waals surface area contributed by atoms with Crippen molar-refractivity contribution in [3.05, 3.63) is 35.4 Å². The normalized spacial score (nSPS) is 11.6. The molecular weight excluding hydrogens is 286 g/mol. The molecule has 0 aliphatic carbocycles. The molecule has 118 valence electrons. The maximum absolute atomic E-state index is 11.6. The lowest BCUT2D eigenvalue weighted by atomic mass is 10.0. The largest absolute Gasteiger partial charge is 0.355 e. The Morgan fingerprint density at radius 2 is 1.71 bits per heavy atom. The van der Waals surface area contributed by atoms with Crippen LogP contribution in [-0.4, -0.2) is 32.9 Å². The maximum atomic E-state index is 11.6. The van der Waals surface area contributed by atoms with Crippen molar-refractivity contribution in [3.63, 3.8) is 0 Å². The number of nitrogens with one attached hydrogen (secondary N) is 1. The van der Waals surface area contributed by atoms with Gasteiger partial charge in [0.15, 0.2) is 0 Å². The number of amides is 1. The quantitative estimate of drug-likeness (QED) is 0.798. The first-order valence-corrected chi connectivity index (χ1v) is 9.34. The number of hydrogen-bond acceptors (Lipinski definition) is 3. The van der Waals surface area contributed by atoms with E-state index in [2.05, 4.69) is 43.4 Å². The van der Waals surface area contributed by atoms with Gasteiger partial charge in [-0.3, -0.25) is 4.79 Å². The Morgan fingerprint density at radius 1 is 1.14 bits per heavy atom. The minimum Gasteiger partial charge on any atom is -0.355 e. The van der Waals surface area contributed by atoms with Gasteiger partial charge in [0, 0.05) is 19.2 Å². The van der Waals surface area contributed by atoms with Crippen molar-refractivity contribution < 1.29 is 13.2 Å². The third-order valence-corrected chi connectivity index (χ3v) is 4.05.